The molecular weight excluding hydrogens is 366 g/mol. The lowest BCUT2D eigenvalue weighted by atomic mass is 10.1. The van der Waals surface area contributed by atoms with Crippen molar-refractivity contribution in [3.05, 3.63) is 35.7 Å². The summed E-state index contributed by atoms with van der Waals surface area (Å²) in [5.74, 6) is -0.321. The Morgan fingerprint density at radius 2 is 1.79 bits per heavy atom. The first-order valence-electron chi connectivity index (χ1n) is 10.3. The van der Waals surface area contributed by atoms with Crippen LogP contribution in [0.2, 0.25) is 0 Å². The van der Waals surface area contributed by atoms with Crippen LogP contribution in [0.15, 0.2) is 24.3 Å². The van der Waals surface area contributed by atoms with Crippen LogP contribution in [0.1, 0.15) is 56.7 Å². The number of hydrogen-bond acceptors (Lipinski definition) is 4. The van der Waals surface area contributed by atoms with Gasteiger partial charge in [0.25, 0.3) is 5.91 Å². The Morgan fingerprint density at radius 1 is 1.17 bits per heavy atom. The van der Waals surface area contributed by atoms with Crippen LogP contribution in [0.4, 0.5) is 17.1 Å². The summed E-state index contributed by atoms with van der Waals surface area (Å²) in [5.41, 5.74) is 2.91. The van der Waals surface area contributed by atoms with Gasteiger partial charge >= 0.3 is 0 Å². The predicted molar refractivity (Wildman–Crippen MR) is 116 cm³/mol. The van der Waals surface area contributed by atoms with Crippen molar-refractivity contribution in [2.75, 3.05) is 16.8 Å². The highest BCUT2D eigenvalue weighted by molar-refractivity contribution is 6.17. The largest absolute Gasteiger partial charge is 0.319 e. The number of para-hydroxylation sites is 2. The van der Waals surface area contributed by atoms with Gasteiger partial charge in [-0.3, -0.25) is 24.1 Å². The summed E-state index contributed by atoms with van der Waals surface area (Å²) < 4.78 is 1.55. The molecule has 1 aromatic heterocycles. The van der Waals surface area contributed by atoms with Crippen molar-refractivity contribution in [3.63, 3.8) is 0 Å². The van der Waals surface area contributed by atoms with Gasteiger partial charge in [-0.15, -0.1) is 0 Å². The molecule has 2 atom stereocenters. The number of aromatic nitrogens is 2. The second kappa shape index (κ2) is 8.37. The van der Waals surface area contributed by atoms with Gasteiger partial charge in [0.05, 0.1) is 23.6 Å². The SMILES string of the molecule is CCC(C)N(CC(=O)N1c2ccccc2NC(=O)c2c1c(C)nn2C)C(C)CC. The molecule has 156 valence electrons. The predicted octanol–water partition coefficient (Wildman–Crippen LogP) is 3.86. The Kier molecular flexibility index (Phi) is 6.07. The average molecular weight is 398 g/mol. The van der Waals surface area contributed by atoms with Gasteiger partial charge in [0, 0.05) is 19.1 Å². The molecular formula is C22H31N5O2. The highest BCUT2D eigenvalue weighted by Gasteiger charge is 2.35. The van der Waals surface area contributed by atoms with Gasteiger partial charge in [0.2, 0.25) is 5.91 Å². The number of aryl methyl sites for hydroxylation is 2. The minimum absolute atomic E-state index is 0.0631. The smallest absolute Gasteiger partial charge is 0.276 e. The van der Waals surface area contributed by atoms with Gasteiger partial charge < -0.3 is 5.32 Å². The van der Waals surface area contributed by atoms with Crippen LogP contribution < -0.4 is 10.2 Å². The molecule has 0 aliphatic carbocycles. The molecule has 7 heteroatoms. The summed E-state index contributed by atoms with van der Waals surface area (Å²) in [6.45, 7) is 10.7. The Bertz CT molecular complexity index is 910. The van der Waals surface area contributed by atoms with Gasteiger partial charge in [0.1, 0.15) is 5.69 Å². The van der Waals surface area contributed by atoms with Gasteiger partial charge in [-0.2, -0.15) is 5.10 Å². The first kappa shape index (κ1) is 21.0. The first-order valence-corrected chi connectivity index (χ1v) is 10.3. The van der Waals surface area contributed by atoms with Crippen LogP contribution in [0.5, 0.6) is 0 Å². The zero-order valence-electron chi connectivity index (χ0n) is 18.2. The van der Waals surface area contributed by atoms with E-state index in [9.17, 15) is 9.59 Å². The summed E-state index contributed by atoms with van der Waals surface area (Å²) in [7, 11) is 1.73. The van der Waals surface area contributed by atoms with Crippen LogP contribution in [0.25, 0.3) is 0 Å². The fourth-order valence-electron chi connectivity index (χ4n) is 3.95. The topological polar surface area (TPSA) is 70.5 Å². The van der Waals surface area contributed by atoms with E-state index >= 15 is 0 Å². The zero-order chi connectivity index (χ0) is 21.3. The number of rotatable bonds is 6. The van der Waals surface area contributed by atoms with E-state index in [1.54, 1.807) is 16.6 Å². The number of carbonyl (C=O) groups is 2. The molecule has 1 aromatic carbocycles. The Morgan fingerprint density at radius 3 is 2.41 bits per heavy atom. The molecule has 2 amide bonds. The normalized spacial score (nSPS) is 15.4. The second-order valence-corrected chi connectivity index (χ2v) is 7.79. The number of anilines is 3. The molecule has 2 heterocycles. The fraction of sp³-hybridized carbons (Fsp3) is 0.500. The highest BCUT2D eigenvalue weighted by Crippen LogP contribution is 2.39. The highest BCUT2D eigenvalue weighted by atomic mass is 16.2. The van der Waals surface area contributed by atoms with Crippen LogP contribution in [-0.2, 0) is 11.8 Å². The summed E-state index contributed by atoms with van der Waals surface area (Å²) in [6, 6.07) is 7.99. The molecule has 0 spiro atoms. The third-order valence-corrected chi connectivity index (χ3v) is 5.90. The molecule has 0 fully saturated rings. The third-order valence-electron chi connectivity index (χ3n) is 5.90. The van der Waals surface area contributed by atoms with Crippen molar-refractivity contribution in [2.45, 2.75) is 59.5 Å². The van der Waals surface area contributed by atoms with E-state index in [0.717, 1.165) is 12.8 Å². The molecule has 1 aliphatic heterocycles. The lowest BCUT2D eigenvalue weighted by Gasteiger charge is -2.35. The quantitative estimate of drug-likeness (QED) is 0.804. The minimum atomic E-state index is -0.258. The standard InChI is InChI=1S/C22H31N5O2/c1-7-14(3)26(15(4)8-2)13-19(28)27-18-12-10-9-11-17(18)23-22(29)21-20(27)16(5)24-25(21)6/h9-12,14-15H,7-8,13H2,1-6H3,(H,23,29). The van der Waals surface area contributed by atoms with Gasteiger partial charge in [0.15, 0.2) is 5.69 Å². The number of hydrogen-bond donors (Lipinski definition) is 1. The third kappa shape index (κ3) is 3.79. The number of nitrogens with one attached hydrogen (secondary N) is 1. The maximum Gasteiger partial charge on any atom is 0.276 e. The van der Waals surface area contributed by atoms with E-state index in [4.69, 9.17) is 0 Å². The van der Waals surface area contributed by atoms with E-state index in [0.29, 0.717) is 28.5 Å². The number of amides is 2. The Hall–Kier alpha value is -2.67. The van der Waals surface area contributed by atoms with Crippen LogP contribution in [-0.4, -0.2) is 45.1 Å². The van der Waals surface area contributed by atoms with E-state index in [2.05, 4.69) is 43.0 Å². The van der Waals surface area contributed by atoms with Crippen molar-refractivity contribution < 1.29 is 9.59 Å². The number of carbonyl (C=O) groups excluding carboxylic acids is 2. The first-order chi connectivity index (χ1) is 13.8. The number of fused-ring (bicyclic) bond motifs is 2. The second-order valence-electron chi connectivity index (χ2n) is 7.79. The Balaban J connectivity index is 2.11. The molecule has 29 heavy (non-hydrogen) atoms. The molecule has 1 N–H and O–H groups in total. The molecule has 1 aliphatic rings. The fourth-order valence-corrected chi connectivity index (χ4v) is 3.95. The van der Waals surface area contributed by atoms with Crippen molar-refractivity contribution in [3.8, 4) is 0 Å². The molecule has 0 bridgehead atoms. The van der Waals surface area contributed by atoms with E-state index in [1.165, 1.54) is 0 Å². The molecule has 7 nitrogen and oxygen atoms in total. The van der Waals surface area contributed by atoms with E-state index < -0.39 is 0 Å². The summed E-state index contributed by atoms with van der Waals surface area (Å²) in [6.07, 6.45) is 1.93. The summed E-state index contributed by atoms with van der Waals surface area (Å²) in [4.78, 5) is 30.5. The van der Waals surface area contributed by atoms with Crippen LogP contribution in [0, 0.1) is 6.92 Å². The molecule has 2 aromatic rings. The molecule has 0 saturated carbocycles. The number of benzene rings is 1. The van der Waals surface area contributed by atoms with Crippen LogP contribution in [0.3, 0.4) is 0 Å². The van der Waals surface area contributed by atoms with Crippen LogP contribution >= 0.6 is 0 Å². The average Bonchev–Trinajstić information content (AvgIpc) is 2.91. The molecule has 2 unspecified atom stereocenters. The van der Waals surface area contributed by atoms with Gasteiger partial charge in [-0.1, -0.05) is 26.0 Å². The summed E-state index contributed by atoms with van der Waals surface area (Å²) in [5, 5.41) is 7.35. The van der Waals surface area contributed by atoms with E-state index in [-0.39, 0.29) is 30.4 Å². The minimum Gasteiger partial charge on any atom is -0.319 e. The molecule has 0 saturated heterocycles. The monoisotopic (exact) mass is 397 g/mol. The van der Waals surface area contributed by atoms with Crippen molar-refractivity contribution in [2.24, 2.45) is 7.05 Å². The maximum absolute atomic E-state index is 13.7. The number of nitrogens with zero attached hydrogens (tertiary/aromatic N) is 4. The van der Waals surface area contributed by atoms with Crippen molar-refractivity contribution in [1.82, 2.24) is 14.7 Å². The lowest BCUT2D eigenvalue weighted by Crippen LogP contribution is -2.46. The summed E-state index contributed by atoms with van der Waals surface area (Å²) >= 11 is 0. The lowest BCUT2D eigenvalue weighted by molar-refractivity contribution is -0.120. The molecule has 0 radical (unpaired) electrons. The molecule has 3 rings (SSSR count). The van der Waals surface area contributed by atoms with Gasteiger partial charge in [-0.25, -0.2) is 0 Å². The van der Waals surface area contributed by atoms with Crippen molar-refractivity contribution >= 4 is 28.9 Å². The zero-order valence-corrected chi connectivity index (χ0v) is 18.2. The van der Waals surface area contributed by atoms with Crippen molar-refractivity contribution in [1.29, 1.82) is 0 Å². The van der Waals surface area contributed by atoms with Gasteiger partial charge in [-0.05, 0) is 45.7 Å². The maximum atomic E-state index is 13.7. The van der Waals surface area contributed by atoms with E-state index in [1.807, 2.05) is 31.2 Å². The Labute approximate surface area is 172 Å².